The molecule has 2 aromatic rings. The molecule has 0 aromatic heterocycles. The van der Waals surface area contributed by atoms with Crippen LogP contribution in [0.5, 0.6) is 0 Å². The highest BCUT2D eigenvalue weighted by Crippen LogP contribution is 2.14. The largest absolute Gasteiger partial charge is 0.452 e. The molecule has 29 heavy (non-hydrogen) atoms. The summed E-state index contributed by atoms with van der Waals surface area (Å²) in [6.07, 6.45) is -0.657. The second-order valence-electron chi connectivity index (χ2n) is 7.15. The Morgan fingerprint density at radius 3 is 2.45 bits per heavy atom. The van der Waals surface area contributed by atoms with Crippen LogP contribution in [0.4, 0.5) is 14.9 Å². The van der Waals surface area contributed by atoms with E-state index in [-0.39, 0.29) is 12.1 Å². The highest BCUT2D eigenvalue weighted by molar-refractivity contribution is 5.93. The number of benzene rings is 2. The van der Waals surface area contributed by atoms with Crippen LogP contribution in [0.3, 0.4) is 0 Å². The predicted molar refractivity (Wildman–Crippen MR) is 105 cm³/mol. The first-order valence-corrected chi connectivity index (χ1v) is 8.91. The molecule has 0 heterocycles. The van der Waals surface area contributed by atoms with Gasteiger partial charge >= 0.3 is 12.1 Å². The molecular formula is C21H23FN2O5. The minimum Gasteiger partial charge on any atom is -0.452 e. The van der Waals surface area contributed by atoms with Gasteiger partial charge in [0.2, 0.25) is 0 Å². The Balaban J connectivity index is 1.85. The van der Waals surface area contributed by atoms with E-state index in [9.17, 15) is 18.8 Å². The highest BCUT2D eigenvalue weighted by atomic mass is 19.1. The molecule has 0 aliphatic heterocycles. The number of carbonyl (C=O) groups is 3. The van der Waals surface area contributed by atoms with Crippen LogP contribution in [0.15, 0.2) is 48.5 Å². The van der Waals surface area contributed by atoms with Crippen LogP contribution in [0.1, 0.15) is 36.7 Å². The van der Waals surface area contributed by atoms with Crippen LogP contribution < -0.4 is 10.6 Å². The van der Waals surface area contributed by atoms with Crippen molar-refractivity contribution in [3.63, 3.8) is 0 Å². The lowest BCUT2D eigenvalue weighted by molar-refractivity contribution is -0.124. The molecule has 0 unspecified atom stereocenters. The topological polar surface area (TPSA) is 93.7 Å². The minimum atomic E-state index is -0.737. The van der Waals surface area contributed by atoms with Crippen LogP contribution in [0.2, 0.25) is 0 Å². The maximum Gasteiger partial charge on any atom is 0.412 e. The number of ether oxygens (including phenoxy) is 2. The molecule has 2 aromatic carbocycles. The molecule has 2 N–H and O–H groups in total. The van der Waals surface area contributed by atoms with E-state index in [1.807, 2.05) is 0 Å². The summed E-state index contributed by atoms with van der Waals surface area (Å²) in [6, 6.07) is 12.1. The summed E-state index contributed by atoms with van der Waals surface area (Å²) >= 11 is 0. The van der Waals surface area contributed by atoms with E-state index < -0.39 is 36.0 Å². The fourth-order valence-electron chi connectivity index (χ4n) is 2.25. The van der Waals surface area contributed by atoms with Gasteiger partial charge in [0.05, 0.1) is 5.56 Å². The van der Waals surface area contributed by atoms with Crippen molar-refractivity contribution in [2.75, 3.05) is 11.9 Å². The second-order valence-corrected chi connectivity index (χ2v) is 7.15. The molecule has 2 rings (SSSR count). The average Bonchev–Trinajstić information content (AvgIpc) is 2.64. The van der Waals surface area contributed by atoms with Gasteiger partial charge < -0.3 is 14.8 Å². The summed E-state index contributed by atoms with van der Waals surface area (Å²) in [5.41, 5.74) is 0.169. The average molecular weight is 402 g/mol. The van der Waals surface area contributed by atoms with Gasteiger partial charge in [-0.2, -0.15) is 0 Å². The lowest BCUT2D eigenvalue weighted by Gasteiger charge is -2.19. The number of amides is 2. The summed E-state index contributed by atoms with van der Waals surface area (Å²) in [4.78, 5) is 35.8. The standard InChI is InChI=1S/C21H23FN2O5/c1-21(2,3)29-20(27)24-16-9-6-8-14(11-16)19(26)28-13-18(25)23-12-15-7-4-5-10-17(15)22/h4-11H,12-13H2,1-3H3,(H,23,25)(H,24,27). The number of anilines is 1. The van der Waals surface area contributed by atoms with Gasteiger partial charge in [0.25, 0.3) is 5.91 Å². The summed E-state index contributed by atoms with van der Waals surface area (Å²) in [6.45, 7) is 4.67. The van der Waals surface area contributed by atoms with Crippen LogP contribution in [0, 0.1) is 5.82 Å². The number of nitrogens with one attached hydrogen (secondary N) is 2. The summed E-state index contributed by atoms with van der Waals surface area (Å²) in [5.74, 6) is -1.73. The molecule has 2 amide bonds. The first-order valence-electron chi connectivity index (χ1n) is 8.91. The third kappa shape index (κ3) is 7.61. The van der Waals surface area contributed by atoms with Crippen molar-refractivity contribution in [2.45, 2.75) is 32.9 Å². The van der Waals surface area contributed by atoms with Crippen LogP contribution in [0.25, 0.3) is 0 Å². The fourth-order valence-corrected chi connectivity index (χ4v) is 2.25. The monoisotopic (exact) mass is 402 g/mol. The molecule has 0 saturated carbocycles. The van der Waals surface area contributed by atoms with E-state index >= 15 is 0 Å². The number of rotatable bonds is 6. The highest BCUT2D eigenvalue weighted by Gasteiger charge is 2.17. The molecule has 7 nitrogen and oxygen atoms in total. The van der Waals surface area contributed by atoms with Gasteiger partial charge in [-0.25, -0.2) is 14.0 Å². The van der Waals surface area contributed by atoms with Gasteiger partial charge in [-0.15, -0.1) is 0 Å². The Morgan fingerprint density at radius 1 is 1.03 bits per heavy atom. The quantitative estimate of drug-likeness (QED) is 0.720. The Bertz CT molecular complexity index is 893. The van der Waals surface area contributed by atoms with Crippen molar-refractivity contribution in [3.8, 4) is 0 Å². The van der Waals surface area contributed by atoms with Gasteiger partial charge in [0.15, 0.2) is 6.61 Å². The molecular weight excluding hydrogens is 379 g/mol. The van der Waals surface area contributed by atoms with E-state index in [1.54, 1.807) is 51.1 Å². The molecule has 0 radical (unpaired) electrons. The van der Waals surface area contributed by atoms with Crippen molar-refractivity contribution < 1.29 is 28.2 Å². The van der Waals surface area contributed by atoms with Gasteiger partial charge in [0.1, 0.15) is 11.4 Å². The zero-order valence-corrected chi connectivity index (χ0v) is 16.5. The zero-order chi connectivity index (χ0) is 21.4. The van der Waals surface area contributed by atoms with Crippen LogP contribution in [-0.4, -0.2) is 30.2 Å². The van der Waals surface area contributed by atoms with Crippen LogP contribution >= 0.6 is 0 Å². The van der Waals surface area contributed by atoms with Gasteiger partial charge in [-0.3, -0.25) is 10.1 Å². The molecule has 0 fully saturated rings. The van der Waals surface area contributed by atoms with Gasteiger partial charge in [0, 0.05) is 17.8 Å². The molecule has 0 atom stereocenters. The van der Waals surface area contributed by atoms with Crippen LogP contribution in [-0.2, 0) is 20.8 Å². The molecule has 154 valence electrons. The lowest BCUT2D eigenvalue weighted by atomic mass is 10.2. The van der Waals surface area contributed by atoms with Crippen molar-refractivity contribution in [1.82, 2.24) is 5.32 Å². The summed E-state index contributed by atoms with van der Waals surface area (Å²) in [7, 11) is 0. The molecule has 8 heteroatoms. The molecule has 0 aliphatic rings. The van der Waals surface area contributed by atoms with Gasteiger partial charge in [-0.05, 0) is 45.0 Å². The predicted octanol–water partition coefficient (Wildman–Crippen LogP) is 3.65. The molecule has 0 bridgehead atoms. The number of hydrogen-bond donors (Lipinski definition) is 2. The Labute approximate surface area is 168 Å². The SMILES string of the molecule is CC(C)(C)OC(=O)Nc1cccc(C(=O)OCC(=O)NCc2ccccc2F)c1. The summed E-state index contributed by atoms with van der Waals surface area (Å²) < 4.78 is 23.6. The van der Waals surface area contributed by atoms with E-state index in [2.05, 4.69) is 10.6 Å². The first-order chi connectivity index (χ1) is 13.6. The zero-order valence-electron chi connectivity index (χ0n) is 16.5. The second kappa shape index (κ2) is 9.68. The smallest absolute Gasteiger partial charge is 0.412 e. The molecule has 0 spiro atoms. The Kier molecular flexibility index (Phi) is 7.30. The van der Waals surface area contributed by atoms with Crippen molar-refractivity contribution in [2.24, 2.45) is 0 Å². The Hall–Kier alpha value is -3.42. The molecule has 0 aliphatic carbocycles. The van der Waals surface area contributed by atoms with E-state index in [0.717, 1.165) is 0 Å². The van der Waals surface area contributed by atoms with Crippen molar-refractivity contribution >= 4 is 23.7 Å². The Morgan fingerprint density at radius 2 is 1.76 bits per heavy atom. The molecule has 0 saturated heterocycles. The van der Waals surface area contributed by atoms with E-state index in [0.29, 0.717) is 11.3 Å². The van der Waals surface area contributed by atoms with Crippen molar-refractivity contribution in [3.05, 3.63) is 65.5 Å². The maximum atomic E-state index is 13.5. The van der Waals surface area contributed by atoms with E-state index in [1.165, 1.54) is 18.2 Å². The number of carbonyl (C=O) groups excluding carboxylic acids is 3. The number of esters is 1. The normalized spacial score (nSPS) is 10.8. The van der Waals surface area contributed by atoms with E-state index in [4.69, 9.17) is 9.47 Å². The fraction of sp³-hybridized carbons (Fsp3) is 0.286. The number of halogens is 1. The first kappa shape index (κ1) is 21.9. The van der Waals surface area contributed by atoms with Crippen molar-refractivity contribution in [1.29, 1.82) is 0 Å². The maximum absolute atomic E-state index is 13.5. The minimum absolute atomic E-state index is 0.0155. The summed E-state index contributed by atoms with van der Waals surface area (Å²) in [5, 5.41) is 4.99. The lowest BCUT2D eigenvalue weighted by Crippen LogP contribution is -2.28. The van der Waals surface area contributed by atoms with Gasteiger partial charge in [-0.1, -0.05) is 24.3 Å². The third-order valence-corrected chi connectivity index (χ3v) is 3.51. The third-order valence-electron chi connectivity index (χ3n) is 3.51. The number of hydrogen-bond acceptors (Lipinski definition) is 5.